The van der Waals surface area contributed by atoms with Crippen molar-refractivity contribution in [2.75, 3.05) is 6.54 Å². The molecule has 0 heterocycles. The summed E-state index contributed by atoms with van der Waals surface area (Å²) in [5.41, 5.74) is 0.895. The van der Waals surface area contributed by atoms with Crippen LogP contribution in [0.2, 0.25) is 0 Å². The van der Waals surface area contributed by atoms with E-state index in [0.29, 0.717) is 12.0 Å². The molecule has 2 rings (SSSR count). The van der Waals surface area contributed by atoms with Gasteiger partial charge < -0.3 is 5.32 Å². The Labute approximate surface area is 127 Å². The van der Waals surface area contributed by atoms with Gasteiger partial charge in [0.25, 0.3) is 0 Å². The minimum absolute atomic E-state index is 0.382. The molecule has 0 bridgehead atoms. The molecule has 1 aromatic carbocycles. The molecule has 1 nitrogen and oxygen atoms in total. The van der Waals surface area contributed by atoms with Crippen LogP contribution in [-0.4, -0.2) is 12.6 Å². The van der Waals surface area contributed by atoms with Gasteiger partial charge in [0.15, 0.2) is 11.6 Å². The molecular formula is C18H27F2N. The van der Waals surface area contributed by atoms with Gasteiger partial charge >= 0.3 is 0 Å². The monoisotopic (exact) mass is 295 g/mol. The third-order valence-corrected chi connectivity index (χ3v) is 4.57. The number of benzene rings is 1. The second kappa shape index (κ2) is 8.47. The van der Waals surface area contributed by atoms with Gasteiger partial charge in [0.05, 0.1) is 0 Å². The molecule has 0 spiro atoms. The number of hydrogen-bond acceptors (Lipinski definition) is 1. The lowest BCUT2D eigenvalue weighted by molar-refractivity contribution is 0.317. The van der Waals surface area contributed by atoms with Gasteiger partial charge in [0.1, 0.15) is 0 Å². The molecule has 1 unspecified atom stereocenters. The Morgan fingerprint density at radius 3 is 2.43 bits per heavy atom. The Morgan fingerprint density at radius 1 is 1.10 bits per heavy atom. The van der Waals surface area contributed by atoms with Gasteiger partial charge in [-0.2, -0.15) is 0 Å². The maximum atomic E-state index is 13.4. The fourth-order valence-corrected chi connectivity index (χ4v) is 3.37. The van der Waals surface area contributed by atoms with Gasteiger partial charge in [0.2, 0.25) is 0 Å². The molecule has 21 heavy (non-hydrogen) atoms. The smallest absolute Gasteiger partial charge is 0.159 e. The zero-order valence-corrected chi connectivity index (χ0v) is 13.0. The van der Waals surface area contributed by atoms with Gasteiger partial charge in [-0.3, -0.25) is 0 Å². The first kappa shape index (κ1) is 16.4. The third-order valence-electron chi connectivity index (χ3n) is 4.57. The van der Waals surface area contributed by atoms with Crippen LogP contribution in [0.4, 0.5) is 8.78 Å². The van der Waals surface area contributed by atoms with E-state index >= 15 is 0 Å². The maximum absolute atomic E-state index is 13.4. The van der Waals surface area contributed by atoms with Crippen LogP contribution in [0, 0.1) is 17.6 Å². The molecule has 1 N–H and O–H groups in total. The minimum Gasteiger partial charge on any atom is -0.313 e. The number of rotatable bonds is 6. The molecule has 0 amide bonds. The Balaban J connectivity index is 2.05. The standard InChI is InChI=1S/C18H27F2N/c1-2-11-21-18(15-7-5-3-4-6-8-15)13-14-9-10-16(19)17(20)12-14/h9-10,12,15,18,21H,2-8,11,13H2,1H3. The second-order valence-corrected chi connectivity index (χ2v) is 6.26. The van der Waals surface area contributed by atoms with Crippen LogP contribution in [0.5, 0.6) is 0 Å². The molecule has 1 atom stereocenters. The lowest BCUT2D eigenvalue weighted by atomic mass is 9.87. The van der Waals surface area contributed by atoms with Crippen LogP contribution >= 0.6 is 0 Å². The molecule has 0 aliphatic heterocycles. The van der Waals surface area contributed by atoms with Crippen LogP contribution < -0.4 is 5.32 Å². The van der Waals surface area contributed by atoms with Crippen molar-refractivity contribution in [2.45, 2.75) is 64.3 Å². The number of halogens is 2. The summed E-state index contributed by atoms with van der Waals surface area (Å²) in [6.45, 7) is 3.15. The van der Waals surface area contributed by atoms with E-state index in [-0.39, 0.29) is 0 Å². The molecule has 1 saturated carbocycles. The zero-order chi connectivity index (χ0) is 15.1. The van der Waals surface area contributed by atoms with E-state index < -0.39 is 11.6 Å². The highest BCUT2D eigenvalue weighted by Crippen LogP contribution is 2.27. The summed E-state index contributed by atoms with van der Waals surface area (Å²) in [4.78, 5) is 0. The quantitative estimate of drug-likeness (QED) is 0.740. The summed E-state index contributed by atoms with van der Waals surface area (Å²) >= 11 is 0. The van der Waals surface area contributed by atoms with Gasteiger partial charge in [-0.15, -0.1) is 0 Å². The van der Waals surface area contributed by atoms with Crippen LogP contribution in [0.3, 0.4) is 0 Å². The van der Waals surface area contributed by atoms with Gasteiger partial charge in [0, 0.05) is 6.04 Å². The number of nitrogens with one attached hydrogen (secondary N) is 1. The van der Waals surface area contributed by atoms with E-state index in [1.54, 1.807) is 6.07 Å². The highest BCUT2D eigenvalue weighted by atomic mass is 19.2. The molecule has 0 aromatic heterocycles. The van der Waals surface area contributed by atoms with E-state index in [2.05, 4.69) is 12.2 Å². The molecule has 1 aliphatic carbocycles. The zero-order valence-electron chi connectivity index (χ0n) is 13.0. The summed E-state index contributed by atoms with van der Waals surface area (Å²) in [7, 11) is 0. The molecule has 1 aliphatic rings. The largest absolute Gasteiger partial charge is 0.313 e. The van der Waals surface area contributed by atoms with E-state index in [1.807, 2.05) is 0 Å². The highest BCUT2D eigenvalue weighted by Gasteiger charge is 2.22. The van der Waals surface area contributed by atoms with Crippen LogP contribution in [0.1, 0.15) is 57.4 Å². The first-order valence-corrected chi connectivity index (χ1v) is 8.38. The van der Waals surface area contributed by atoms with E-state index in [0.717, 1.165) is 24.9 Å². The summed E-state index contributed by atoms with van der Waals surface area (Å²) in [6.07, 6.45) is 9.67. The molecule has 3 heteroatoms. The summed E-state index contributed by atoms with van der Waals surface area (Å²) in [5, 5.41) is 3.63. The molecule has 0 saturated heterocycles. The highest BCUT2D eigenvalue weighted by molar-refractivity contribution is 5.19. The predicted octanol–water partition coefficient (Wildman–Crippen LogP) is 4.85. The van der Waals surface area contributed by atoms with E-state index in [4.69, 9.17) is 0 Å². The van der Waals surface area contributed by atoms with Crippen molar-refractivity contribution in [2.24, 2.45) is 5.92 Å². The molecule has 0 radical (unpaired) electrons. The first-order valence-electron chi connectivity index (χ1n) is 8.38. The van der Waals surface area contributed by atoms with Gasteiger partial charge in [-0.1, -0.05) is 38.7 Å². The van der Waals surface area contributed by atoms with E-state index in [9.17, 15) is 8.78 Å². The van der Waals surface area contributed by atoms with E-state index in [1.165, 1.54) is 50.7 Å². The minimum atomic E-state index is -0.758. The Bertz CT molecular complexity index is 425. The molecule has 1 aromatic rings. The Kier molecular flexibility index (Phi) is 6.62. The van der Waals surface area contributed by atoms with Crippen molar-refractivity contribution in [1.29, 1.82) is 0 Å². The molecule has 118 valence electrons. The van der Waals surface area contributed by atoms with Crippen molar-refractivity contribution in [3.8, 4) is 0 Å². The second-order valence-electron chi connectivity index (χ2n) is 6.26. The predicted molar refractivity (Wildman–Crippen MR) is 83.3 cm³/mol. The maximum Gasteiger partial charge on any atom is 0.159 e. The van der Waals surface area contributed by atoms with Crippen molar-refractivity contribution in [3.63, 3.8) is 0 Å². The first-order chi connectivity index (χ1) is 10.2. The topological polar surface area (TPSA) is 12.0 Å². The molecule has 1 fully saturated rings. The van der Waals surface area contributed by atoms with Crippen molar-refractivity contribution >= 4 is 0 Å². The lowest BCUT2D eigenvalue weighted by Crippen LogP contribution is -2.38. The average Bonchev–Trinajstić information content (AvgIpc) is 2.76. The SMILES string of the molecule is CCCNC(Cc1ccc(F)c(F)c1)C1CCCCCC1. The molecular weight excluding hydrogens is 268 g/mol. The fourth-order valence-electron chi connectivity index (χ4n) is 3.37. The lowest BCUT2D eigenvalue weighted by Gasteiger charge is -2.27. The Hall–Kier alpha value is -0.960. The summed E-state index contributed by atoms with van der Waals surface area (Å²) in [6, 6.07) is 4.70. The number of hydrogen-bond donors (Lipinski definition) is 1. The Morgan fingerprint density at radius 2 is 1.81 bits per heavy atom. The van der Waals surface area contributed by atoms with Crippen LogP contribution in [0.25, 0.3) is 0 Å². The fraction of sp³-hybridized carbons (Fsp3) is 0.667. The van der Waals surface area contributed by atoms with Crippen molar-refractivity contribution in [3.05, 3.63) is 35.4 Å². The van der Waals surface area contributed by atoms with Crippen molar-refractivity contribution in [1.82, 2.24) is 5.32 Å². The summed E-state index contributed by atoms with van der Waals surface area (Å²) in [5.74, 6) is -0.832. The third kappa shape index (κ3) is 5.06. The van der Waals surface area contributed by atoms with Gasteiger partial charge in [-0.25, -0.2) is 8.78 Å². The van der Waals surface area contributed by atoms with Gasteiger partial charge in [-0.05, 0) is 55.8 Å². The normalized spacial score (nSPS) is 18.4. The average molecular weight is 295 g/mol. The van der Waals surface area contributed by atoms with Crippen LogP contribution in [0.15, 0.2) is 18.2 Å². The van der Waals surface area contributed by atoms with Crippen molar-refractivity contribution < 1.29 is 8.78 Å². The summed E-state index contributed by atoms with van der Waals surface area (Å²) < 4.78 is 26.4. The van der Waals surface area contributed by atoms with Crippen LogP contribution in [-0.2, 0) is 6.42 Å².